The van der Waals surface area contributed by atoms with Crippen molar-refractivity contribution in [1.82, 2.24) is 5.32 Å². The van der Waals surface area contributed by atoms with E-state index < -0.39 is 5.97 Å². The van der Waals surface area contributed by atoms with E-state index in [4.69, 9.17) is 5.11 Å². The summed E-state index contributed by atoms with van der Waals surface area (Å²) in [5, 5.41) is 14.6. The van der Waals surface area contributed by atoms with Gasteiger partial charge >= 0.3 is 12.0 Å². The normalized spacial score (nSPS) is 14.9. The summed E-state index contributed by atoms with van der Waals surface area (Å²) in [7, 11) is 0. The third-order valence-corrected chi connectivity index (χ3v) is 4.44. The molecule has 0 unspecified atom stereocenters. The molecule has 2 amide bonds. The third-order valence-electron chi connectivity index (χ3n) is 3.77. The fraction of sp³-hybridized carbons (Fsp3) is 0.467. The Labute approximate surface area is 137 Å². The molecule has 0 bridgehead atoms. The largest absolute Gasteiger partial charge is 0.478 e. The molecule has 2 rings (SSSR count). The molecular formula is C15H19IN2O3. The number of anilines is 1. The van der Waals surface area contributed by atoms with E-state index in [-0.39, 0.29) is 11.6 Å². The number of carboxylic acids is 1. The van der Waals surface area contributed by atoms with E-state index in [2.05, 4.69) is 10.6 Å². The van der Waals surface area contributed by atoms with Gasteiger partial charge in [-0.1, -0.05) is 25.7 Å². The second-order valence-electron chi connectivity index (χ2n) is 5.32. The Bertz CT molecular complexity index is 528. The van der Waals surface area contributed by atoms with Crippen LogP contribution < -0.4 is 10.6 Å². The number of urea groups is 1. The van der Waals surface area contributed by atoms with E-state index in [9.17, 15) is 9.59 Å². The molecule has 1 aromatic rings. The van der Waals surface area contributed by atoms with Crippen LogP contribution in [0.5, 0.6) is 0 Å². The van der Waals surface area contributed by atoms with Gasteiger partial charge in [0.15, 0.2) is 0 Å². The van der Waals surface area contributed by atoms with Crippen molar-refractivity contribution in [1.29, 1.82) is 0 Å². The van der Waals surface area contributed by atoms with Crippen molar-refractivity contribution in [2.24, 2.45) is 5.92 Å². The SMILES string of the molecule is O=C(NCCC1CCCC1)Nc1ccc(I)cc1C(=O)O. The number of carbonyl (C=O) groups is 2. The molecule has 1 fully saturated rings. The minimum atomic E-state index is -1.05. The summed E-state index contributed by atoms with van der Waals surface area (Å²) in [6.45, 7) is 0.628. The van der Waals surface area contributed by atoms with Crippen molar-refractivity contribution in [2.45, 2.75) is 32.1 Å². The maximum atomic E-state index is 11.8. The number of amides is 2. The van der Waals surface area contributed by atoms with Gasteiger partial charge in [-0.15, -0.1) is 0 Å². The summed E-state index contributed by atoms with van der Waals surface area (Å²) in [6.07, 6.45) is 6.09. The Morgan fingerprint density at radius 1 is 1.29 bits per heavy atom. The van der Waals surface area contributed by atoms with Gasteiger partial charge in [0, 0.05) is 10.1 Å². The van der Waals surface area contributed by atoms with Crippen LogP contribution in [0.15, 0.2) is 18.2 Å². The molecule has 1 aliphatic carbocycles. The standard InChI is InChI=1S/C15H19IN2O3/c16-11-5-6-13(12(9-11)14(19)20)18-15(21)17-8-7-10-3-1-2-4-10/h5-6,9-10H,1-4,7-8H2,(H,19,20)(H2,17,18,21). The fourth-order valence-corrected chi connectivity index (χ4v) is 3.15. The second kappa shape index (κ2) is 7.63. The van der Waals surface area contributed by atoms with E-state index >= 15 is 0 Å². The summed E-state index contributed by atoms with van der Waals surface area (Å²) in [5.41, 5.74) is 0.425. The van der Waals surface area contributed by atoms with Gasteiger partial charge < -0.3 is 15.7 Å². The van der Waals surface area contributed by atoms with Crippen molar-refractivity contribution in [3.63, 3.8) is 0 Å². The summed E-state index contributed by atoms with van der Waals surface area (Å²) < 4.78 is 0.817. The van der Waals surface area contributed by atoms with Crippen molar-refractivity contribution in [2.75, 3.05) is 11.9 Å². The summed E-state index contributed by atoms with van der Waals surface area (Å²) >= 11 is 2.04. The number of carboxylic acid groups (broad SMARTS) is 1. The maximum Gasteiger partial charge on any atom is 0.337 e. The molecule has 6 heteroatoms. The fourth-order valence-electron chi connectivity index (χ4n) is 2.66. The van der Waals surface area contributed by atoms with Crippen molar-refractivity contribution in [3.05, 3.63) is 27.3 Å². The van der Waals surface area contributed by atoms with Crippen LogP contribution in [-0.2, 0) is 0 Å². The molecule has 21 heavy (non-hydrogen) atoms. The summed E-state index contributed by atoms with van der Waals surface area (Å²) in [5.74, 6) is -0.326. The Morgan fingerprint density at radius 2 is 2.00 bits per heavy atom. The molecule has 1 aliphatic rings. The van der Waals surface area contributed by atoms with Crippen LogP contribution in [0.2, 0.25) is 0 Å². The van der Waals surface area contributed by atoms with Gasteiger partial charge in [-0.3, -0.25) is 0 Å². The van der Waals surface area contributed by atoms with Gasteiger partial charge in [0.2, 0.25) is 0 Å². The number of benzene rings is 1. The minimum Gasteiger partial charge on any atom is -0.478 e. The first-order valence-corrected chi connectivity index (χ1v) is 8.22. The molecule has 3 N–H and O–H groups in total. The van der Waals surface area contributed by atoms with E-state index in [0.29, 0.717) is 12.2 Å². The van der Waals surface area contributed by atoms with Gasteiger partial charge in [0.1, 0.15) is 0 Å². The first-order valence-electron chi connectivity index (χ1n) is 7.14. The average molecular weight is 402 g/mol. The van der Waals surface area contributed by atoms with Crippen LogP contribution in [0.1, 0.15) is 42.5 Å². The quantitative estimate of drug-likeness (QED) is 0.658. The Kier molecular flexibility index (Phi) is 5.84. The van der Waals surface area contributed by atoms with Crippen LogP contribution in [-0.4, -0.2) is 23.7 Å². The highest BCUT2D eigenvalue weighted by Crippen LogP contribution is 2.26. The van der Waals surface area contributed by atoms with E-state index in [1.165, 1.54) is 31.7 Å². The molecule has 0 saturated heterocycles. The van der Waals surface area contributed by atoms with Crippen LogP contribution in [0.3, 0.4) is 0 Å². The predicted molar refractivity (Wildman–Crippen MR) is 89.7 cm³/mol. The lowest BCUT2D eigenvalue weighted by Crippen LogP contribution is -2.31. The zero-order valence-electron chi connectivity index (χ0n) is 11.7. The van der Waals surface area contributed by atoms with Gasteiger partial charge in [-0.25, -0.2) is 9.59 Å². The first-order chi connectivity index (χ1) is 10.1. The van der Waals surface area contributed by atoms with Crippen molar-refractivity contribution < 1.29 is 14.7 Å². The predicted octanol–water partition coefficient (Wildman–Crippen LogP) is 3.69. The highest BCUT2D eigenvalue weighted by Gasteiger charge is 2.16. The van der Waals surface area contributed by atoms with E-state index in [0.717, 1.165) is 15.9 Å². The molecular weight excluding hydrogens is 383 g/mol. The number of carbonyl (C=O) groups excluding carboxylic acids is 1. The lowest BCUT2D eigenvalue weighted by molar-refractivity contribution is 0.0698. The highest BCUT2D eigenvalue weighted by molar-refractivity contribution is 14.1. The van der Waals surface area contributed by atoms with Gasteiger partial charge in [-0.2, -0.15) is 0 Å². The summed E-state index contributed by atoms with van der Waals surface area (Å²) in [6, 6.07) is 4.57. The van der Waals surface area contributed by atoms with Crippen LogP contribution in [0.4, 0.5) is 10.5 Å². The van der Waals surface area contributed by atoms with E-state index in [1.54, 1.807) is 12.1 Å². The number of rotatable bonds is 5. The van der Waals surface area contributed by atoms with Gasteiger partial charge in [0.05, 0.1) is 11.3 Å². The average Bonchev–Trinajstić information content (AvgIpc) is 2.94. The monoisotopic (exact) mass is 402 g/mol. The molecule has 1 aromatic carbocycles. The molecule has 0 aromatic heterocycles. The number of nitrogens with one attached hydrogen (secondary N) is 2. The number of hydrogen-bond acceptors (Lipinski definition) is 2. The molecule has 0 atom stereocenters. The maximum absolute atomic E-state index is 11.8. The van der Waals surface area contributed by atoms with Gasteiger partial charge in [0.25, 0.3) is 0 Å². The van der Waals surface area contributed by atoms with Crippen LogP contribution in [0, 0.1) is 9.49 Å². The minimum absolute atomic E-state index is 0.104. The zero-order valence-corrected chi connectivity index (χ0v) is 13.9. The van der Waals surface area contributed by atoms with Crippen LogP contribution >= 0.6 is 22.6 Å². The molecule has 114 valence electrons. The first kappa shape index (κ1) is 16.1. The second-order valence-corrected chi connectivity index (χ2v) is 6.56. The highest BCUT2D eigenvalue weighted by atomic mass is 127. The van der Waals surface area contributed by atoms with E-state index in [1.807, 2.05) is 22.6 Å². The lowest BCUT2D eigenvalue weighted by atomic mass is 10.0. The molecule has 0 radical (unpaired) electrons. The Morgan fingerprint density at radius 3 is 2.67 bits per heavy atom. The third kappa shape index (κ3) is 4.87. The number of aromatic carboxylic acids is 1. The molecule has 0 spiro atoms. The zero-order chi connectivity index (χ0) is 15.2. The smallest absolute Gasteiger partial charge is 0.337 e. The summed E-state index contributed by atoms with van der Waals surface area (Å²) in [4.78, 5) is 23.0. The molecule has 5 nitrogen and oxygen atoms in total. The van der Waals surface area contributed by atoms with Crippen molar-refractivity contribution >= 4 is 40.3 Å². The Balaban J connectivity index is 1.85. The van der Waals surface area contributed by atoms with Crippen molar-refractivity contribution in [3.8, 4) is 0 Å². The Hall–Kier alpha value is -1.31. The molecule has 0 aliphatic heterocycles. The molecule has 1 saturated carbocycles. The number of halogens is 1. The topological polar surface area (TPSA) is 78.4 Å². The number of hydrogen-bond donors (Lipinski definition) is 3. The van der Waals surface area contributed by atoms with Gasteiger partial charge in [-0.05, 0) is 53.1 Å². The van der Waals surface area contributed by atoms with Crippen LogP contribution in [0.25, 0.3) is 0 Å². The molecule has 0 heterocycles. The lowest BCUT2D eigenvalue weighted by Gasteiger charge is -2.12.